The first-order valence-corrected chi connectivity index (χ1v) is 5.22. The van der Waals surface area contributed by atoms with Crippen LogP contribution in [0.15, 0.2) is 30.3 Å². The molecular formula is C12H16FN. The molecule has 1 aliphatic rings. The van der Waals surface area contributed by atoms with Gasteiger partial charge in [0, 0.05) is 6.04 Å². The van der Waals surface area contributed by atoms with E-state index in [9.17, 15) is 4.39 Å². The fourth-order valence-corrected chi connectivity index (χ4v) is 2.17. The van der Waals surface area contributed by atoms with Gasteiger partial charge in [0.15, 0.2) is 0 Å². The van der Waals surface area contributed by atoms with Crippen LogP contribution in [0.4, 0.5) is 4.39 Å². The first-order valence-electron chi connectivity index (χ1n) is 5.22. The van der Waals surface area contributed by atoms with E-state index in [1.165, 1.54) is 5.56 Å². The average Bonchev–Trinajstić information content (AvgIpc) is 2.23. The van der Waals surface area contributed by atoms with Gasteiger partial charge in [-0.3, -0.25) is 0 Å². The minimum atomic E-state index is -0.825. The third kappa shape index (κ3) is 1.95. The van der Waals surface area contributed by atoms with Crippen LogP contribution in [0.25, 0.3) is 0 Å². The van der Waals surface area contributed by atoms with Gasteiger partial charge in [0.2, 0.25) is 0 Å². The molecule has 0 amide bonds. The monoisotopic (exact) mass is 193 g/mol. The van der Waals surface area contributed by atoms with E-state index in [2.05, 4.69) is 12.1 Å². The van der Waals surface area contributed by atoms with Crippen molar-refractivity contribution in [2.45, 2.75) is 37.4 Å². The quantitative estimate of drug-likeness (QED) is 0.729. The average molecular weight is 193 g/mol. The van der Waals surface area contributed by atoms with Crippen LogP contribution in [-0.2, 0) is 0 Å². The molecule has 0 heterocycles. The van der Waals surface area contributed by atoms with Crippen LogP contribution in [0.1, 0.15) is 30.7 Å². The maximum Gasteiger partial charge on any atom is 0.116 e. The minimum Gasteiger partial charge on any atom is -0.325 e. The molecule has 0 unspecified atom stereocenters. The highest BCUT2D eigenvalue weighted by molar-refractivity contribution is 5.20. The van der Waals surface area contributed by atoms with Crippen LogP contribution in [0.2, 0.25) is 0 Å². The van der Waals surface area contributed by atoms with Crippen molar-refractivity contribution in [3.8, 4) is 0 Å². The van der Waals surface area contributed by atoms with Crippen LogP contribution < -0.4 is 5.73 Å². The molecule has 1 aromatic carbocycles. The molecule has 0 aromatic heterocycles. The molecule has 3 atom stereocenters. The van der Waals surface area contributed by atoms with Gasteiger partial charge in [-0.1, -0.05) is 30.3 Å². The molecular weight excluding hydrogens is 177 g/mol. The van der Waals surface area contributed by atoms with Crippen molar-refractivity contribution < 1.29 is 4.39 Å². The Labute approximate surface area is 84.1 Å². The van der Waals surface area contributed by atoms with Gasteiger partial charge in [0.25, 0.3) is 0 Å². The Morgan fingerprint density at radius 1 is 1.14 bits per heavy atom. The zero-order chi connectivity index (χ0) is 9.97. The lowest BCUT2D eigenvalue weighted by Gasteiger charge is -2.29. The molecule has 0 radical (unpaired) electrons. The number of nitrogens with two attached hydrogens (primary N) is 1. The van der Waals surface area contributed by atoms with E-state index >= 15 is 0 Å². The van der Waals surface area contributed by atoms with Gasteiger partial charge in [-0.05, 0) is 30.7 Å². The zero-order valence-corrected chi connectivity index (χ0v) is 8.20. The fraction of sp³-hybridized carbons (Fsp3) is 0.500. The predicted octanol–water partition coefficient (Wildman–Crippen LogP) is 2.62. The number of hydrogen-bond acceptors (Lipinski definition) is 1. The molecule has 1 fully saturated rings. The predicted molar refractivity (Wildman–Crippen MR) is 55.9 cm³/mol. The van der Waals surface area contributed by atoms with E-state index < -0.39 is 6.17 Å². The third-order valence-corrected chi connectivity index (χ3v) is 3.09. The van der Waals surface area contributed by atoms with E-state index in [1.54, 1.807) is 0 Å². The number of rotatable bonds is 1. The standard InChI is InChI=1S/C12H16FN/c13-11-8-10(6-7-12(11)14)9-4-2-1-3-5-9/h1-5,10-12H,6-8,14H2/t10-,11+,12-/m1/s1. The molecule has 76 valence electrons. The highest BCUT2D eigenvalue weighted by Gasteiger charge is 2.28. The Bertz CT molecular complexity index is 286. The van der Waals surface area contributed by atoms with Gasteiger partial charge in [0.1, 0.15) is 6.17 Å². The smallest absolute Gasteiger partial charge is 0.116 e. The second-order valence-corrected chi connectivity index (χ2v) is 4.10. The second kappa shape index (κ2) is 4.09. The Balaban J connectivity index is 2.07. The Hall–Kier alpha value is -0.890. The number of benzene rings is 1. The normalized spacial score (nSPS) is 32.9. The van der Waals surface area contributed by atoms with E-state index in [0.29, 0.717) is 12.3 Å². The lowest BCUT2D eigenvalue weighted by molar-refractivity contribution is 0.200. The summed E-state index contributed by atoms with van der Waals surface area (Å²) in [6, 6.07) is 9.93. The topological polar surface area (TPSA) is 26.0 Å². The molecule has 1 aliphatic carbocycles. The summed E-state index contributed by atoms with van der Waals surface area (Å²) in [5.74, 6) is 0.367. The van der Waals surface area contributed by atoms with Crippen LogP contribution in [-0.4, -0.2) is 12.2 Å². The van der Waals surface area contributed by atoms with Crippen molar-refractivity contribution in [2.75, 3.05) is 0 Å². The van der Waals surface area contributed by atoms with Crippen molar-refractivity contribution in [3.63, 3.8) is 0 Å². The van der Waals surface area contributed by atoms with E-state index in [0.717, 1.165) is 12.8 Å². The zero-order valence-electron chi connectivity index (χ0n) is 8.20. The molecule has 0 saturated heterocycles. The molecule has 14 heavy (non-hydrogen) atoms. The van der Waals surface area contributed by atoms with Crippen LogP contribution in [0.5, 0.6) is 0 Å². The molecule has 1 saturated carbocycles. The lowest BCUT2D eigenvalue weighted by Crippen LogP contribution is -2.36. The summed E-state index contributed by atoms with van der Waals surface area (Å²) in [6.45, 7) is 0. The van der Waals surface area contributed by atoms with E-state index in [4.69, 9.17) is 5.73 Å². The fourth-order valence-electron chi connectivity index (χ4n) is 2.17. The Morgan fingerprint density at radius 2 is 1.86 bits per heavy atom. The van der Waals surface area contributed by atoms with Gasteiger partial charge < -0.3 is 5.73 Å². The van der Waals surface area contributed by atoms with E-state index in [-0.39, 0.29) is 6.04 Å². The van der Waals surface area contributed by atoms with Gasteiger partial charge in [0.05, 0.1) is 0 Å². The molecule has 2 rings (SSSR count). The molecule has 2 heteroatoms. The third-order valence-electron chi connectivity index (χ3n) is 3.09. The lowest BCUT2D eigenvalue weighted by atomic mass is 9.81. The van der Waals surface area contributed by atoms with Gasteiger partial charge in [-0.15, -0.1) is 0 Å². The highest BCUT2D eigenvalue weighted by Crippen LogP contribution is 2.33. The van der Waals surface area contributed by atoms with Gasteiger partial charge >= 0.3 is 0 Å². The number of halogens is 1. The summed E-state index contributed by atoms with van der Waals surface area (Å²) in [6.07, 6.45) is 1.59. The summed E-state index contributed by atoms with van der Waals surface area (Å²) < 4.78 is 13.4. The van der Waals surface area contributed by atoms with Gasteiger partial charge in [-0.25, -0.2) is 4.39 Å². The summed E-state index contributed by atoms with van der Waals surface area (Å²) in [5.41, 5.74) is 6.90. The van der Waals surface area contributed by atoms with Crippen molar-refractivity contribution in [1.29, 1.82) is 0 Å². The summed E-state index contributed by atoms with van der Waals surface area (Å²) in [5, 5.41) is 0. The molecule has 0 spiro atoms. The summed E-state index contributed by atoms with van der Waals surface area (Å²) in [4.78, 5) is 0. The first-order chi connectivity index (χ1) is 6.77. The maximum atomic E-state index is 13.4. The summed E-state index contributed by atoms with van der Waals surface area (Å²) in [7, 11) is 0. The van der Waals surface area contributed by atoms with Crippen molar-refractivity contribution in [1.82, 2.24) is 0 Å². The van der Waals surface area contributed by atoms with Gasteiger partial charge in [-0.2, -0.15) is 0 Å². The largest absolute Gasteiger partial charge is 0.325 e. The van der Waals surface area contributed by atoms with Crippen LogP contribution in [0, 0.1) is 0 Å². The second-order valence-electron chi connectivity index (χ2n) is 4.10. The molecule has 2 N–H and O–H groups in total. The Kier molecular flexibility index (Phi) is 2.82. The highest BCUT2D eigenvalue weighted by atomic mass is 19.1. The summed E-state index contributed by atoms with van der Waals surface area (Å²) >= 11 is 0. The Morgan fingerprint density at radius 3 is 2.50 bits per heavy atom. The molecule has 1 aromatic rings. The van der Waals surface area contributed by atoms with Crippen molar-refractivity contribution >= 4 is 0 Å². The molecule has 0 aliphatic heterocycles. The SMILES string of the molecule is N[C@@H]1CC[C@@H](c2ccccc2)C[C@@H]1F. The maximum absolute atomic E-state index is 13.4. The molecule has 1 nitrogen and oxygen atoms in total. The minimum absolute atomic E-state index is 0.241. The van der Waals surface area contributed by atoms with Crippen LogP contribution >= 0.6 is 0 Å². The van der Waals surface area contributed by atoms with Crippen molar-refractivity contribution in [3.05, 3.63) is 35.9 Å². The van der Waals surface area contributed by atoms with E-state index in [1.807, 2.05) is 18.2 Å². The number of hydrogen-bond donors (Lipinski definition) is 1. The van der Waals surface area contributed by atoms with Crippen molar-refractivity contribution in [2.24, 2.45) is 5.73 Å². The molecule has 0 bridgehead atoms. The van der Waals surface area contributed by atoms with Crippen LogP contribution in [0.3, 0.4) is 0 Å². The first kappa shape index (κ1) is 9.66. The number of alkyl halides is 1.